The molecule has 1 saturated heterocycles. The summed E-state index contributed by atoms with van der Waals surface area (Å²) in [6.45, 7) is 11.0. The number of rotatable bonds is 8. The summed E-state index contributed by atoms with van der Waals surface area (Å²) < 4.78 is 5.55. The summed E-state index contributed by atoms with van der Waals surface area (Å²) in [5.41, 5.74) is 0. The topological polar surface area (TPSA) is 24.5 Å². The molecule has 0 unspecified atom stereocenters. The van der Waals surface area contributed by atoms with Crippen LogP contribution in [0.25, 0.3) is 0 Å². The summed E-state index contributed by atoms with van der Waals surface area (Å²) in [6.07, 6.45) is 3.85. The molecule has 1 N–H and O–H groups in total. The summed E-state index contributed by atoms with van der Waals surface area (Å²) >= 11 is 0. The Hall–Kier alpha value is -0.120. The summed E-state index contributed by atoms with van der Waals surface area (Å²) in [6, 6.07) is 0. The second-order valence-corrected chi connectivity index (χ2v) is 5.77. The van der Waals surface area contributed by atoms with Crippen LogP contribution in [0.15, 0.2) is 0 Å². The van der Waals surface area contributed by atoms with Crippen molar-refractivity contribution >= 4 is 0 Å². The van der Waals surface area contributed by atoms with E-state index < -0.39 is 0 Å². The van der Waals surface area contributed by atoms with Gasteiger partial charge in [-0.05, 0) is 64.3 Å². The first-order chi connectivity index (χ1) is 8.18. The van der Waals surface area contributed by atoms with Crippen molar-refractivity contribution in [2.75, 3.05) is 46.4 Å². The lowest BCUT2D eigenvalue weighted by Gasteiger charge is -2.29. The largest absolute Gasteiger partial charge is 0.381 e. The van der Waals surface area contributed by atoms with E-state index in [0.29, 0.717) is 5.92 Å². The summed E-state index contributed by atoms with van der Waals surface area (Å²) in [5.74, 6) is 1.55. The zero-order valence-electron chi connectivity index (χ0n) is 11.9. The van der Waals surface area contributed by atoms with Gasteiger partial charge in [-0.1, -0.05) is 13.8 Å². The molecule has 0 atom stereocenters. The summed E-state index contributed by atoms with van der Waals surface area (Å²) in [7, 11) is 2.22. The van der Waals surface area contributed by atoms with Gasteiger partial charge < -0.3 is 15.0 Å². The van der Waals surface area contributed by atoms with Crippen molar-refractivity contribution in [3.63, 3.8) is 0 Å². The van der Waals surface area contributed by atoms with Crippen molar-refractivity contribution in [3.05, 3.63) is 0 Å². The monoisotopic (exact) mass is 242 g/mol. The smallest absolute Gasteiger partial charge is 0.0489 e. The highest BCUT2D eigenvalue weighted by Gasteiger charge is 2.15. The van der Waals surface area contributed by atoms with Gasteiger partial charge in [0.2, 0.25) is 0 Å². The molecule has 1 fully saturated rings. The van der Waals surface area contributed by atoms with E-state index in [1.54, 1.807) is 0 Å². The van der Waals surface area contributed by atoms with E-state index in [2.05, 4.69) is 31.1 Å². The SMILES string of the molecule is CC(C)COCCCNCC1CCN(C)CC1. The number of ether oxygens (including phenoxy) is 1. The third kappa shape index (κ3) is 7.74. The first kappa shape index (κ1) is 14.9. The lowest BCUT2D eigenvalue weighted by atomic mass is 9.97. The van der Waals surface area contributed by atoms with E-state index >= 15 is 0 Å². The molecule has 17 heavy (non-hydrogen) atoms. The van der Waals surface area contributed by atoms with E-state index in [0.717, 1.165) is 32.1 Å². The highest BCUT2D eigenvalue weighted by molar-refractivity contribution is 4.71. The van der Waals surface area contributed by atoms with E-state index in [1.165, 1.54) is 32.5 Å². The molecule has 0 amide bonds. The Morgan fingerprint density at radius 3 is 2.65 bits per heavy atom. The van der Waals surface area contributed by atoms with Crippen molar-refractivity contribution in [1.29, 1.82) is 0 Å². The summed E-state index contributed by atoms with van der Waals surface area (Å²) in [4.78, 5) is 2.43. The second-order valence-electron chi connectivity index (χ2n) is 5.77. The van der Waals surface area contributed by atoms with E-state index in [4.69, 9.17) is 4.74 Å². The number of nitrogens with zero attached hydrogens (tertiary/aromatic N) is 1. The van der Waals surface area contributed by atoms with Crippen molar-refractivity contribution in [1.82, 2.24) is 10.2 Å². The predicted molar refractivity (Wildman–Crippen MR) is 73.4 cm³/mol. The van der Waals surface area contributed by atoms with Crippen LogP contribution in [-0.2, 0) is 4.74 Å². The Morgan fingerprint density at radius 2 is 2.00 bits per heavy atom. The minimum atomic E-state index is 0.655. The third-order valence-electron chi connectivity index (χ3n) is 3.36. The lowest BCUT2D eigenvalue weighted by Crippen LogP contribution is -2.35. The van der Waals surface area contributed by atoms with Crippen LogP contribution in [0.4, 0.5) is 0 Å². The Morgan fingerprint density at radius 1 is 1.29 bits per heavy atom. The van der Waals surface area contributed by atoms with Gasteiger partial charge >= 0.3 is 0 Å². The van der Waals surface area contributed by atoms with Crippen molar-refractivity contribution in [3.8, 4) is 0 Å². The van der Waals surface area contributed by atoms with Crippen molar-refractivity contribution < 1.29 is 4.74 Å². The molecule has 0 aromatic heterocycles. The molecule has 1 heterocycles. The number of nitrogens with one attached hydrogen (secondary N) is 1. The van der Waals surface area contributed by atoms with Gasteiger partial charge in [0.25, 0.3) is 0 Å². The zero-order valence-corrected chi connectivity index (χ0v) is 11.9. The van der Waals surface area contributed by atoms with Crippen molar-refractivity contribution in [2.45, 2.75) is 33.1 Å². The Labute approximate surface area is 107 Å². The fraction of sp³-hybridized carbons (Fsp3) is 1.00. The van der Waals surface area contributed by atoms with Crippen LogP contribution >= 0.6 is 0 Å². The molecule has 0 aromatic rings. The van der Waals surface area contributed by atoms with Crippen LogP contribution in [0.3, 0.4) is 0 Å². The molecule has 102 valence electrons. The quantitative estimate of drug-likeness (QED) is 0.659. The first-order valence-corrected chi connectivity index (χ1v) is 7.15. The highest BCUT2D eigenvalue weighted by atomic mass is 16.5. The molecule has 0 spiro atoms. The standard InChI is InChI=1S/C14H30N2O/c1-13(2)12-17-10-4-7-15-11-14-5-8-16(3)9-6-14/h13-15H,4-12H2,1-3H3. The van der Waals surface area contributed by atoms with Crippen LogP contribution < -0.4 is 5.32 Å². The highest BCUT2D eigenvalue weighted by Crippen LogP contribution is 2.14. The van der Waals surface area contributed by atoms with Gasteiger partial charge in [-0.25, -0.2) is 0 Å². The number of hydrogen-bond acceptors (Lipinski definition) is 3. The first-order valence-electron chi connectivity index (χ1n) is 7.15. The molecule has 1 rings (SSSR count). The minimum absolute atomic E-state index is 0.655. The number of likely N-dealkylation sites (tertiary alicyclic amines) is 1. The molecule has 3 heteroatoms. The third-order valence-corrected chi connectivity index (χ3v) is 3.36. The van der Waals surface area contributed by atoms with E-state index in [9.17, 15) is 0 Å². The molecular weight excluding hydrogens is 212 g/mol. The van der Waals surface area contributed by atoms with Crippen LogP contribution in [0.5, 0.6) is 0 Å². The molecular formula is C14H30N2O. The number of piperidine rings is 1. The van der Waals surface area contributed by atoms with Crippen molar-refractivity contribution in [2.24, 2.45) is 11.8 Å². The Kier molecular flexibility index (Phi) is 7.82. The molecule has 3 nitrogen and oxygen atoms in total. The minimum Gasteiger partial charge on any atom is -0.381 e. The van der Waals surface area contributed by atoms with Gasteiger partial charge in [0.05, 0.1) is 0 Å². The Bertz CT molecular complexity index is 177. The van der Waals surface area contributed by atoms with Crippen LogP contribution in [-0.4, -0.2) is 51.3 Å². The van der Waals surface area contributed by atoms with Crippen LogP contribution in [0.2, 0.25) is 0 Å². The summed E-state index contributed by atoms with van der Waals surface area (Å²) in [5, 5.41) is 3.56. The van der Waals surface area contributed by atoms with Gasteiger partial charge in [-0.2, -0.15) is 0 Å². The fourth-order valence-electron chi connectivity index (χ4n) is 2.19. The van der Waals surface area contributed by atoms with E-state index in [-0.39, 0.29) is 0 Å². The van der Waals surface area contributed by atoms with Gasteiger partial charge in [0.1, 0.15) is 0 Å². The molecule has 0 aromatic carbocycles. The molecule has 0 saturated carbocycles. The molecule has 1 aliphatic heterocycles. The average molecular weight is 242 g/mol. The lowest BCUT2D eigenvalue weighted by molar-refractivity contribution is 0.107. The Balaban J connectivity index is 1.84. The molecule has 0 radical (unpaired) electrons. The number of hydrogen-bond donors (Lipinski definition) is 1. The van der Waals surface area contributed by atoms with Gasteiger partial charge in [0.15, 0.2) is 0 Å². The van der Waals surface area contributed by atoms with Crippen LogP contribution in [0.1, 0.15) is 33.1 Å². The van der Waals surface area contributed by atoms with Gasteiger partial charge in [-0.15, -0.1) is 0 Å². The predicted octanol–water partition coefficient (Wildman–Crippen LogP) is 1.98. The molecule has 1 aliphatic rings. The van der Waals surface area contributed by atoms with Gasteiger partial charge in [0, 0.05) is 13.2 Å². The average Bonchev–Trinajstić information content (AvgIpc) is 2.30. The second kappa shape index (κ2) is 8.90. The molecule has 0 aliphatic carbocycles. The normalized spacial score (nSPS) is 19.1. The van der Waals surface area contributed by atoms with Gasteiger partial charge in [-0.3, -0.25) is 0 Å². The van der Waals surface area contributed by atoms with E-state index in [1.807, 2.05) is 0 Å². The maximum absolute atomic E-state index is 5.55. The fourth-order valence-corrected chi connectivity index (χ4v) is 2.19. The zero-order chi connectivity index (χ0) is 12.5. The maximum Gasteiger partial charge on any atom is 0.0489 e. The maximum atomic E-state index is 5.55. The molecule has 0 bridgehead atoms. The van der Waals surface area contributed by atoms with Crippen LogP contribution in [0, 0.1) is 11.8 Å².